The van der Waals surface area contributed by atoms with Crippen LogP contribution in [-0.4, -0.2) is 25.1 Å². The number of para-hydroxylation sites is 1. The smallest absolute Gasteiger partial charge is 0.189 e. The van der Waals surface area contributed by atoms with Gasteiger partial charge in [0.05, 0.1) is 6.54 Å². The summed E-state index contributed by atoms with van der Waals surface area (Å²) in [5.74, 6) is 0.538. The van der Waals surface area contributed by atoms with Crippen LogP contribution in [0.4, 0.5) is 5.69 Å². The van der Waals surface area contributed by atoms with Gasteiger partial charge < -0.3 is 16.0 Å². The van der Waals surface area contributed by atoms with Crippen LogP contribution in [0.15, 0.2) is 29.3 Å². The number of anilines is 1. The summed E-state index contributed by atoms with van der Waals surface area (Å²) in [6.45, 7) is 7.19. The third kappa shape index (κ3) is 3.89. The van der Waals surface area contributed by atoms with E-state index >= 15 is 0 Å². The lowest BCUT2D eigenvalue weighted by molar-refractivity contribution is 0.636. The second-order valence-electron chi connectivity index (χ2n) is 5.48. The number of nitrogens with one attached hydrogen (secondary N) is 1. The highest BCUT2D eigenvalue weighted by Crippen LogP contribution is 2.24. The number of aliphatic imine (C=N–C) groups is 1. The molecule has 4 nitrogen and oxygen atoms in total. The Morgan fingerprint density at radius 2 is 2.05 bits per heavy atom. The standard InChI is InChI=1S/C16H26N4/c1-3-13(2)19-16(17)18-12-14-8-4-5-9-15(14)20-10-6-7-11-20/h4-5,8-9,13H,3,6-7,10-12H2,1-2H3,(H3,17,18,19)/t13-/m0/s1. The van der Waals surface area contributed by atoms with Crippen LogP contribution in [0.3, 0.4) is 0 Å². The molecule has 1 aliphatic rings. The predicted octanol–water partition coefficient (Wildman–Crippen LogP) is 2.49. The monoisotopic (exact) mass is 274 g/mol. The van der Waals surface area contributed by atoms with Gasteiger partial charge in [-0.15, -0.1) is 0 Å². The molecular formula is C16H26N4. The zero-order valence-electron chi connectivity index (χ0n) is 12.6. The summed E-state index contributed by atoms with van der Waals surface area (Å²) in [5, 5.41) is 3.20. The first-order valence-electron chi connectivity index (χ1n) is 7.60. The van der Waals surface area contributed by atoms with E-state index in [1.807, 2.05) is 0 Å². The molecule has 1 aromatic carbocycles. The highest BCUT2D eigenvalue weighted by Gasteiger charge is 2.14. The van der Waals surface area contributed by atoms with Gasteiger partial charge in [0, 0.05) is 24.8 Å². The van der Waals surface area contributed by atoms with Crippen LogP contribution in [0.5, 0.6) is 0 Å². The number of guanidine groups is 1. The minimum Gasteiger partial charge on any atom is -0.371 e. The summed E-state index contributed by atoms with van der Waals surface area (Å²) in [7, 11) is 0. The van der Waals surface area contributed by atoms with Crippen molar-refractivity contribution in [2.45, 2.75) is 45.7 Å². The second-order valence-corrected chi connectivity index (χ2v) is 5.48. The highest BCUT2D eigenvalue weighted by molar-refractivity contribution is 5.78. The predicted molar refractivity (Wildman–Crippen MR) is 86.1 cm³/mol. The fourth-order valence-corrected chi connectivity index (χ4v) is 2.48. The van der Waals surface area contributed by atoms with Gasteiger partial charge in [-0.25, -0.2) is 4.99 Å². The zero-order chi connectivity index (χ0) is 14.4. The van der Waals surface area contributed by atoms with Crippen LogP contribution in [0.25, 0.3) is 0 Å². The van der Waals surface area contributed by atoms with Crippen LogP contribution in [0.2, 0.25) is 0 Å². The number of hydrogen-bond donors (Lipinski definition) is 2. The number of benzene rings is 1. The van der Waals surface area contributed by atoms with E-state index in [1.54, 1.807) is 0 Å². The quantitative estimate of drug-likeness (QED) is 0.640. The van der Waals surface area contributed by atoms with Crippen molar-refractivity contribution in [3.8, 4) is 0 Å². The van der Waals surface area contributed by atoms with Crippen molar-refractivity contribution >= 4 is 11.6 Å². The minimum atomic E-state index is 0.368. The van der Waals surface area contributed by atoms with E-state index in [4.69, 9.17) is 5.73 Å². The van der Waals surface area contributed by atoms with Gasteiger partial charge in [0.1, 0.15) is 0 Å². The average molecular weight is 274 g/mol. The van der Waals surface area contributed by atoms with E-state index in [2.05, 4.69) is 53.3 Å². The van der Waals surface area contributed by atoms with Crippen LogP contribution in [-0.2, 0) is 6.54 Å². The number of hydrogen-bond acceptors (Lipinski definition) is 2. The molecule has 0 unspecified atom stereocenters. The van der Waals surface area contributed by atoms with Crippen molar-refractivity contribution in [3.63, 3.8) is 0 Å². The molecule has 0 aromatic heterocycles. The van der Waals surface area contributed by atoms with Gasteiger partial charge in [-0.2, -0.15) is 0 Å². The van der Waals surface area contributed by atoms with Gasteiger partial charge in [0.2, 0.25) is 0 Å². The number of nitrogens with two attached hydrogens (primary N) is 1. The lowest BCUT2D eigenvalue weighted by Crippen LogP contribution is -2.38. The van der Waals surface area contributed by atoms with Crippen molar-refractivity contribution < 1.29 is 0 Å². The molecule has 1 fully saturated rings. The van der Waals surface area contributed by atoms with Gasteiger partial charge >= 0.3 is 0 Å². The van der Waals surface area contributed by atoms with Gasteiger partial charge in [-0.05, 0) is 37.8 Å². The van der Waals surface area contributed by atoms with E-state index in [0.717, 1.165) is 19.5 Å². The maximum atomic E-state index is 5.93. The normalized spacial score (nSPS) is 17.3. The Bertz CT molecular complexity index is 450. The summed E-state index contributed by atoms with van der Waals surface area (Å²) in [4.78, 5) is 6.92. The van der Waals surface area contributed by atoms with E-state index in [9.17, 15) is 0 Å². The molecule has 0 aliphatic carbocycles. The second kappa shape index (κ2) is 7.17. The van der Waals surface area contributed by atoms with E-state index in [1.165, 1.54) is 24.1 Å². The Labute approximate surface area is 122 Å². The molecule has 0 saturated carbocycles. The molecule has 4 heteroatoms. The molecule has 110 valence electrons. The first-order valence-corrected chi connectivity index (χ1v) is 7.60. The van der Waals surface area contributed by atoms with Crippen molar-refractivity contribution in [2.24, 2.45) is 10.7 Å². The lowest BCUT2D eigenvalue weighted by atomic mass is 10.1. The Morgan fingerprint density at radius 1 is 1.35 bits per heavy atom. The summed E-state index contributed by atoms with van der Waals surface area (Å²) < 4.78 is 0. The minimum absolute atomic E-state index is 0.368. The molecule has 1 aromatic rings. The Balaban J connectivity index is 2.03. The van der Waals surface area contributed by atoms with Crippen molar-refractivity contribution in [1.82, 2.24) is 5.32 Å². The molecule has 1 aliphatic heterocycles. The van der Waals surface area contributed by atoms with Crippen molar-refractivity contribution in [1.29, 1.82) is 0 Å². The first kappa shape index (κ1) is 14.7. The molecule has 0 amide bonds. The van der Waals surface area contributed by atoms with Gasteiger partial charge in [0.15, 0.2) is 5.96 Å². The summed E-state index contributed by atoms with van der Waals surface area (Å²) in [6, 6.07) is 8.87. The summed E-state index contributed by atoms with van der Waals surface area (Å²) in [5.41, 5.74) is 8.49. The van der Waals surface area contributed by atoms with Crippen molar-refractivity contribution in [2.75, 3.05) is 18.0 Å². The molecular weight excluding hydrogens is 248 g/mol. The molecule has 0 bridgehead atoms. The van der Waals surface area contributed by atoms with Crippen LogP contribution >= 0.6 is 0 Å². The van der Waals surface area contributed by atoms with Crippen molar-refractivity contribution in [3.05, 3.63) is 29.8 Å². The Kier molecular flexibility index (Phi) is 5.27. The molecule has 2 rings (SSSR count). The maximum absolute atomic E-state index is 5.93. The third-order valence-electron chi connectivity index (χ3n) is 3.86. The molecule has 0 spiro atoms. The number of nitrogens with zero attached hydrogens (tertiary/aromatic N) is 2. The zero-order valence-corrected chi connectivity index (χ0v) is 12.6. The number of rotatable bonds is 5. The fourth-order valence-electron chi connectivity index (χ4n) is 2.48. The molecule has 20 heavy (non-hydrogen) atoms. The third-order valence-corrected chi connectivity index (χ3v) is 3.86. The largest absolute Gasteiger partial charge is 0.371 e. The molecule has 1 atom stereocenters. The fraction of sp³-hybridized carbons (Fsp3) is 0.562. The topological polar surface area (TPSA) is 53.6 Å². The Hall–Kier alpha value is -1.71. The van der Waals surface area contributed by atoms with Crippen LogP contribution < -0.4 is 16.0 Å². The van der Waals surface area contributed by atoms with E-state index in [-0.39, 0.29) is 0 Å². The van der Waals surface area contributed by atoms with E-state index in [0.29, 0.717) is 18.5 Å². The SMILES string of the molecule is CC[C@H](C)NC(N)=NCc1ccccc1N1CCCC1. The maximum Gasteiger partial charge on any atom is 0.189 e. The van der Waals surface area contributed by atoms with Gasteiger partial charge in [-0.3, -0.25) is 0 Å². The average Bonchev–Trinajstić information content (AvgIpc) is 2.99. The lowest BCUT2D eigenvalue weighted by Gasteiger charge is -2.20. The summed E-state index contributed by atoms with van der Waals surface area (Å²) in [6.07, 6.45) is 3.62. The van der Waals surface area contributed by atoms with E-state index < -0.39 is 0 Å². The molecule has 3 N–H and O–H groups in total. The Morgan fingerprint density at radius 3 is 2.75 bits per heavy atom. The molecule has 1 heterocycles. The highest BCUT2D eigenvalue weighted by atomic mass is 15.1. The van der Waals surface area contributed by atoms with Gasteiger partial charge in [0.25, 0.3) is 0 Å². The first-order chi connectivity index (χ1) is 9.70. The summed E-state index contributed by atoms with van der Waals surface area (Å²) >= 11 is 0. The van der Waals surface area contributed by atoms with Gasteiger partial charge in [-0.1, -0.05) is 25.1 Å². The van der Waals surface area contributed by atoms with Crippen LogP contribution in [0, 0.1) is 0 Å². The molecule has 1 saturated heterocycles. The van der Waals surface area contributed by atoms with Crippen LogP contribution in [0.1, 0.15) is 38.7 Å². The molecule has 0 radical (unpaired) electrons.